The van der Waals surface area contributed by atoms with Crippen LogP contribution in [-0.4, -0.2) is 51.1 Å². The van der Waals surface area contributed by atoms with Gasteiger partial charge < -0.3 is 24.0 Å². The van der Waals surface area contributed by atoms with Crippen LogP contribution in [-0.2, 0) is 18.6 Å². The highest BCUT2D eigenvalue weighted by Crippen LogP contribution is 2.42. The molecule has 0 aliphatic rings. The van der Waals surface area contributed by atoms with E-state index < -0.39 is 13.8 Å². The van der Waals surface area contributed by atoms with Crippen molar-refractivity contribution in [1.29, 1.82) is 5.16 Å². The Balaban J connectivity index is 4.28. The first-order chi connectivity index (χ1) is 8.30. The first kappa shape index (κ1) is 17.6. The standard InChI is InChI=1S/C9H20BN2O5P/c1-7(2)16-5-8(12-9(13)4-10)6-17-18(11,14)15-3/h7-8H,4-6H2,1-3H3,(H2,11,14)(H,12,13). The predicted octanol–water partition coefficient (Wildman–Crippen LogP) is 0.663. The van der Waals surface area contributed by atoms with Crippen LogP contribution in [0.15, 0.2) is 0 Å². The summed E-state index contributed by atoms with van der Waals surface area (Å²) in [6.07, 6.45) is -0.155. The van der Waals surface area contributed by atoms with Crippen molar-refractivity contribution in [1.82, 2.24) is 5.32 Å². The molecule has 7 nitrogen and oxygen atoms in total. The third kappa shape index (κ3) is 8.66. The first-order valence-electron chi connectivity index (χ1n) is 5.49. The fourth-order valence-corrected chi connectivity index (χ4v) is 1.46. The third-order valence-electron chi connectivity index (χ3n) is 1.88. The van der Waals surface area contributed by atoms with Crippen LogP contribution >= 0.6 is 7.74 Å². The second kappa shape index (κ2) is 8.66. The number of hydrogen-bond donors (Lipinski definition) is 3. The van der Waals surface area contributed by atoms with Crippen molar-refractivity contribution in [3.8, 4) is 0 Å². The van der Waals surface area contributed by atoms with Crippen LogP contribution < -0.4 is 5.32 Å². The van der Waals surface area contributed by atoms with Gasteiger partial charge in [-0.25, -0.2) is 5.16 Å². The second-order valence-electron chi connectivity index (χ2n) is 3.85. The number of ether oxygens (including phenoxy) is 1. The van der Waals surface area contributed by atoms with E-state index in [1.54, 1.807) is 0 Å². The maximum Gasteiger partial charge on any atom is 0.349 e. The van der Waals surface area contributed by atoms with Gasteiger partial charge in [0.1, 0.15) is 0 Å². The van der Waals surface area contributed by atoms with Gasteiger partial charge in [0.2, 0.25) is 5.91 Å². The lowest BCUT2D eigenvalue weighted by atomic mass is 10.0. The molecule has 2 unspecified atom stereocenters. The van der Waals surface area contributed by atoms with Gasteiger partial charge in [0.25, 0.3) is 0 Å². The van der Waals surface area contributed by atoms with Crippen LogP contribution in [0.3, 0.4) is 0 Å². The van der Waals surface area contributed by atoms with Crippen LogP contribution in [0.1, 0.15) is 13.8 Å². The summed E-state index contributed by atoms with van der Waals surface area (Å²) in [7, 11) is 2.80. The summed E-state index contributed by atoms with van der Waals surface area (Å²) in [4.78, 5) is 20.5. The van der Waals surface area contributed by atoms with E-state index in [0.29, 0.717) is 0 Å². The van der Waals surface area contributed by atoms with Gasteiger partial charge in [0.05, 0.1) is 33.2 Å². The Morgan fingerprint density at radius 2 is 2.11 bits per heavy atom. The quantitative estimate of drug-likeness (QED) is 0.425. The van der Waals surface area contributed by atoms with Crippen LogP contribution in [0.4, 0.5) is 0 Å². The van der Waals surface area contributed by atoms with Crippen LogP contribution in [0.2, 0.25) is 6.32 Å². The van der Waals surface area contributed by atoms with E-state index in [9.17, 15) is 9.69 Å². The average molecular weight is 278 g/mol. The molecule has 0 aromatic rings. The molecule has 3 N–H and O–H groups in total. The van der Waals surface area contributed by atoms with Crippen LogP contribution in [0, 0.1) is 5.16 Å². The number of amides is 1. The maximum absolute atomic E-state index is 11.2. The summed E-state index contributed by atoms with van der Waals surface area (Å²) in [5.41, 5.74) is 0. The Morgan fingerprint density at radius 3 is 2.56 bits per heavy atom. The minimum absolute atomic E-state index is 0.00520. The van der Waals surface area contributed by atoms with Gasteiger partial charge in [0, 0.05) is 7.11 Å². The lowest BCUT2D eigenvalue weighted by Gasteiger charge is -2.22. The number of carbonyl (C=O) groups is 1. The number of hydrogen-bond acceptors (Lipinski definition) is 5. The molecule has 0 saturated carbocycles. The van der Waals surface area contributed by atoms with E-state index in [2.05, 4.69) is 9.84 Å². The van der Waals surface area contributed by atoms with Crippen molar-refractivity contribution in [2.24, 2.45) is 0 Å². The zero-order chi connectivity index (χ0) is 14.2. The summed E-state index contributed by atoms with van der Waals surface area (Å²) in [5.74, 6) is -0.361. The van der Waals surface area contributed by atoms with Crippen molar-refractivity contribution >= 4 is 21.5 Å². The summed E-state index contributed by atoms with van der Waals surface area (Å²) in [6, 6.07) is -0.490. The van der Waals surface area contributed by atoms with Gasteiger partial charge in [-0.05, 0) is 20.2 Å². The molecular weight excluding hydrogens is 258 g/mol. The van der Waals surface area contributed by atoms with Gasteiger partial charge in [-0.15, -0.1) is 0 Å². The average Bonchev–Trinajstić information content (AvgIpc) is 2.32. The molecule has 0 aromatic heterocycles. The number of carbonyl (C=O) groups excluding carboxylic acids is 1. The lowest BCUT2D eigenvalue weighted by Crippen LogP contribution is -2.41. The molecule has 18 heavy (non-hydrogen) atoms. The molecule has 104 valence electrons. The molecule has 0 heterocycles. The third-order valence-corrected chi connectivity index (χ3v) is 2.87. The maximum atomic E-state index is 11.2. The van der Waals surface area contributed by atoms with Gasteiger partial charge >= 0.3 is 7.74 Å². The fourth-order valence-electron chi connectivity index (χ4n) is 0.970. The molecule has 0 aliphatic heterocycles. The minimum atomic E-state index is -3.56. The van der Waals surface area contributed by atoms with Crippen molar-refractivity contribution in [2.75, 3.05) is 20.3 Å². The van der Waals surface area contributed by atoms with Crippen LogP contribution in [0.25, 0.3) is 0 Å². The molecule has 0 bridgehead atoms. The minimum Gasteiger partial charge on any atom is -0.377 e. The molecule has 9 heteroatoms. The van der Waals surface area contributed by atoms with Gasteiger partial charge in [0.15, 0.2) is 0 Å². The smallest absolute Gasteiger partial charge is 0.349 e. The lowest BCUT2D eigenvalue weighted by molar-refractivity contribution is -0.120. The summed E-state index contributed by atoms with van der Waals surface area (Å²) >= 11 is 0. The summed E-state index contributed by atoms with van der Waals surface area (Å²) in [6.45, 7) is 3.82. The zero-order valence-corrected chi connectivity index (χ0v) is 11.8. The molecule has 0 aromatic carbocycles. The molecule has 0 fully saturated rings. The molecule has 0 saturated heterocycles. The normalized spacial score (nSPS) is 16.3. The zero-order valence-electron chi connectivity index (χ0n) is 10.9. The summed E-state index contributed by atoms with van der Waals surface area (Å²) in [5, 5.41) is 9.83. The van der Waals surface area contributed by atoms with Crippen molar-refractivity contribution in [3.63, 3.8) is 0 Å². The van der Waals surface area contributed by atoms with Crippen molar-refractivity contribution < 1.29 is 23.5 Å². The highest BCUT2D eigenvalue weighted by Gasteiger charge is 2.19. The van der Waals surface area contributed by atoms with E-state index in [1.807, 2.05) is 13.8 Å². The molecule has 2 radical (unpaired) electrons. The van der Waals surface area contributed by atoms with Gasteiger partial charge in [-0.1, -0.05) is 0 Å². The number of nitrogens with one attached hydrogen (secondary N) is 2. The van der Waals surface area contributed by atoms with Gasteiger partial charge in [-0.3, -0.25) is 4.79 Å². The Labute approximate surface area is 109 Å². The second-order valence-corrected chi connectivity index (χ2v) is 5.51. The first-order valence-corrected chi connectivity index (χ1v) is 7.06. The van der Waals surface area contributed by atoms with E-state index >= 15 is 0 Å². The molecule has 2 atom stereocenters. The van der Waals surface area contributed by atoms with Gasteiger partial charge in [-0.2, -0.15) is 0 Å². The Bertz CT molecular complexity index is 303. The Hall–Kier alpha value is -0.395. The highest BCUT2D eigenvalue weighted by atomic mass is 31.2. The van der Waals surface area contributed by atoms with E-state index in [4.69, 9.17) is 22.3 Å². The largest absolute Gasteiger partial charge is 0.377 e. The van der Waals surface area contributed by atoms with E-state index in [-0.39, 0.29) is 31.5 Å². The Kier molecular flexibility index (Phi) is 8.47. The molecule has 0 rings (SSSR count). The monoisotopic (exact) mass is 278 g/mol. The van der Waals surface area contributed by atoms with E-state index in [1.165, 1.54) is 7.11 Å². The van der Waals surface area contributed by atoms with Crippen molar-refractivity contribution in [3.05, 3.63) is 0 Å². The molecule has 1 amide bonds. The fraction of sp³-hybridized carbons (Fsp3) is 0.889. The topological polar surface area (TPSA) is 101 Å². The predicted molar refractivity (Wildman–Crippen MR) is 68.4 cm³/mol. The SMILES string of the molecule is [B]CC(=O)NC(COC(C)C)COP(=N)(O)OC. The van der Waals surface area contributed by atoms with E-state index in [0.717, 1.165) is 0 Å². The van der Waals surface area contributed by atoms with Crippen molar-refractivity contribution in [2.45, 2.75) is 32.3 Å². The molecule has 0 aliphatic carbocycles. The molecule has 0 spiro atoms. The van der Waals surface area contributed by atoms with Crippen LogP contribution in [0.5, 0.6) is 0 Å². The highest BCUT2D eigenvalue weighted by molar-refractivity contribution is 7.48. The number of rotatable bonds is 9. The summed E-state index contributed by atoms with van der Waals surface area (Å²) < 4.78 is 14.7. The Morgan fingerprint density at radius 1 is 1.50 bits per heavy atom. The molecular formula is C9H20BN2O5P.